The Hall–Kier alpha value is -2.87. The van der Waals surface area contributed by atoms with E-state index < -0.39 is 10.0 Å². The van der Waals surface area contributed by atoms with Gasteiger partial charge >= 0.3 is 0 Å². The van der Waals surface area contributed by atoms with Gasteiger partial charge in [-0.25, -0.2) is 8.42 Å². The van der Waals surface area contributed by atoms with Crippen molar-refractivity contribution >= 4 is 33.2 Å². The molecule has 1 heterocycles. The summed E-state index contributed by atoms with van der Waals surface area (Å²) in [6.07, 6.45) is 0. The molecule has 0 spiro atoms. The van der Waals surface area contributed by atoms with Gasteiger partial charge in [0.05, 0.1) is 10.6 Å². The molecule has 34 heavy (non-hydrogen) atoms. The van der Waals surface area contributed by atoms with Gasteiger partial charge in [0.15, 0.2) is 0 Å². The molecule has 1 fully saturated rings. The summed E-state index contributed by atoms with van der Waals surface area (Å²) in [7, 11) is -3.94. The molecule has 4 rings (SSSR count). The fourth-order valence-electron chi connectivity index (χ4n) is 4.14. The fourth-order valence-corrected chi connectivity index (χ4v) is 5.86. The van der Waals surface area contributed by atoms with Crippen LogP contribution >= 0.6 is 11.6 Å². The molecule has 178 valence electrons. The molecule has 8 heteroatoms. The Bertz CT molecular complexity index is 1230. The molecular weight excluding hydrogens is 470 g/mol. The predicted molar refractivity (Wildman–Crippen MR) is 135 cm³/mol. The summed E-state index contributed by atoms with van der Waals surface area (Å²) in [5, 5.41) is 0.513. The maximum atomic E-state index is 13.6. The number of amides is 1. The third kappa shape index (κ3) is 5.60. The SMILES string of the molecule is Cc1cc(Cl)ccc1N(CC(=O)N1CCN(Cc2ccccc2)CC1)S(=O)(=O)c1ccccc1. The molecule has 1 amide bonds. The Morgan fingerprint density at radius 2 is 1.53 bits per heavy atom. The number of sulfonamides is 1. The second-order valence-electron chi connectivity index (χ2n) is 8.40. The first-order valence-electron chi connectivity index (χ1n) is 11.2. The lowest BCUT2D eigenvalue weighted by Gasteiger charge is -2.36. The van der Waals surface area contributed by atoms with Gasteiger partial charge in [0.2, 0.25) is 5.91 Å². The van der Waals surface area contributed by atoms with Crippen molar-refractivity contribution in [2.75, 3.05) is 37.0 Å². The van der Waals surface area contributed by atoms with Gasteiger partial charge in [-0.15, -0.1) is 0 Å². The van der Waals surface area contributed by atoms with Crippen LogP contribution in [0.2, 0.25) is 5.02 Å². The zero-order valence-electron chi connectivity index (χ0n) is 19.1. The first-order chi connectivity index (χ1) is 16.3. The minimum Gasteiger partial charge on any atom is -0.339 e. The molecule has 3 aromatic carbocycles. The molecule has 0 N–H and O–H groups in total. The fraction of sp³-hybridized carbons (Fsp3) is 0.269. The first-order valence-corrected chi connectivity index (χ1v) is 13.0. The molecule has 0 saturated carbocycles. The Labute approximate surface area is 206 Å². The van der Waals surface area contributed by atoms with Gasteiger partial charge in [-0.3, -0.25) is 14.0 Å². The van der Waals surface area contributed by atoms with E-state index in [1.54, 1.807) is 60.4 Å². The molecular formula is C26H28ClN3O3S. The van der Waals surface area contributed by atoms with Crippen molar-refractivity contribution in [1.82, 2.24) is 9.80 Å². The summed E-state index contributed by atoms with van der Waals surface area (Å²) >= 11 is 6.10. The summed E-state index contributed by atoms with van der Waals surface area (Å²) in [5.74, 6) is -0.215. The van der Waals surface area contributed by atoms with Crippen LogP contribution in [0.1, 0.15) is 11.1 Å². The van der Waals surface area contributed by atoms with Crippen LogP contribution in [0.4, 0.5) is 5.69 Å². The molecule has 0 atom stereocenters. The van der Waals surface area contributed by atoms with Crippen LogP contribution in [0.5, 0.6) is 0 Å². The molecule has 0 unspecified atom stereocenters. The van der Waals surface area contributed by atoms with E-state index in [0.717, 1.165) is 19.6 Å². The zero-order valence-corrected chi connectivity index (χ0v) is 20.7. The molecule has 0 bridgehead atoms. The molecule has 0 aromatic heterocycles. The first kappa shape index (κ1) is 24.3. The number of rotatable bonds is 7. The number of hydrogen-bond acceptors (Lipinski definition) is 4. The highest BCUT2D eigenvalue weighted by Crippen LogP contribution is 2.29. The second kappa shape index (κ2) is 10.6. The van der Waals surface area contributed by atoms with Gasteiger partial charge in [-0.05, 0) is 48.4 Å². The monoisotopic (exact) mass is 497 g/mol. The minimum atomic E-state index is -3.94. The molecule has 1 aliphatic rings. The van der Waals surface area contributed by atoms with E-state index in [2.05, 4.69) is 17.0 Å². The topological polar surface area (TPSA) is 60.9 Å². The second-order valence-corrected chi connectivity index (χ2v) is 10.7. The van der Waals surface area contributed by atoms with Crippen LogP contribution in [-0.2, 0) is 21.4 Å². The van der Waals surface area contributed by atoms with E-state index in [1.807, 2.05) is 18.2 Å². The average molecular weight is 498 g/mol. The standard InChI is InChI=1S/C26H28ClN3O3S/c1-21-18-23(27)12-13-25(21)30(34(32,33)24-10-6-3-7-11-24)20-26(31)29-16-14-28(15-17-29)19-22-8-4-2-5-9-22/h2-13,18H,14-17,19-20H2,1H3. The van der Waals surface area contributed by atoms with Crippen molar-refractivity contribution in [3.63, 3.8) is 0 Å². The van der Waals surface area contributed by atoms with E-state index in [-0.39, 0.29) is 17.3 Å². The van der Waals surface area contributed by atoms with Crippen LogP contribution in [-0.4, -0.2) is 56.8 Å². The van der Waals surface area contributed by atoms with Crippen molar-refractivity contribution in [2.24, 2.45) is 0 Å². The Morgan fingerprint density at radius 3 is 2.15 bits per heavy atom. The number of anilines is 1. The van der Waals surface area contributed by atoms with Crippen LogP contribution < -0.4 is 4.31 Å². The van der Waals surface area contributed by atoms with Crippen molar-refractivity contribution < 1.29 is 13.2 Å². The van der Waals surface area contributed by atoms with Gasteiger partial charge < -0.3 is 4.90 Å². The molecule has 0 aliphatic carbocycles. The number of hydrogen-bond donors (Lipinski definition) is 0. The zero-order chi connectivity index (χ0) is 24.1. The van der Waals surface area contributed by atoms with E-state index in [9.17, 15) is 13.2 Å². The molecule has 1 saturated heterocycles. The third-order valence-electron chi connectivity index (χ3n) is 6.01. The van der Waals surface area contributed by atoms with Gasteiger partial charge in [0.25, 0.3) is 10.0 Å². The highest BCUT2D eigenvalue weighted by molar-refractivity contribution is 7.92. The lowest BCUT2D eigenvalue weighted by Crippen LogP contribution is -2.51. The summed E-state index contributed by atoms with van der Waals surface area (Å²) in [5.41, 5.74) is 2.37. The number of halogens is 1. The normalized spacial score (nSPS) is 14.7. The smallest absolute Gasteiger partial charge is 0.264 e. The van der Waals surface area contributed by atoms with Crippen molar-refractivity contribution in [3.8, 4) is 0 Å². The van der Waals surface area contributed by atoms with Crippen LogP contribution in [0.25, 0.3) is 0 Å². The summed E-state index contributed by atoms with van der Waals surface area (Å²) in [6, 6.07) is 23.4. The lowest BCUT2D eigenvalue weighted by molar-refractivity contribution is -0.131. The minimum absolute atomic E-state index is 0.143. The highest BCUT2D eigenvalue weighted by atomic mass is 35.5. The molecule has 6 nitrogen and oxygen atoms in total. The van der Waals surface area contributed by atoms with Gasteiger partial charge in [-0.2, -0.15) is 0 Å². The van der Waals surface area contributed by atoms with Crippen LogP contribution in [0, 0.1) is 6.92 Å². The average Bonchev–Trinajstić information content (AvgIpc) is 2.84. The Kier molecular flexibility index (Phi) is 7.56. The highest BCUT2D eigenvalue weighted by Gasteiger charge is 2.31. The van der Waals surface area contributed by atoms with Crippen LogP contribution in [0.15, 0.2) is 83.8 Å². The lowest BCUT2D eigenvalue weighted by atomic mass is 10.2. The van der Waals surface area contributed by atoms with Crippen LogP contribution in [0.3, 0.4) is 0 Å². The number of piperazine rings is 1. The number of benzene rings is 3. The Morgan fingerprint density at radius 1 is 0.912 bits per heavy atom. The molecule has 3 aromatic rings. The van der Waals surface area contributed by atoms with Gasteiger partial charge in [0, 0.05) is 37.7 Å². The summed E-state index contributed by atoms with van der Waals surface area (Å²) in [6.45, 7) is 4.97. The van der Waals surface area contributed by atoms with Crippen molar-refractivity contribution in [2.45, 2.75) is 18.4 Å². The van der Waals surface area contributed by atoms with E-state index in [1.165, 1.54) is 9.87 Å². The number of nitrogens with zero attached hydrogens (tertiary/aromatic N) is 3. The maximum Gasteiger partial charge on any atom is 0.264 e. The largest absolute Gasteiger partial charge is 0.339 e. The maximum absolute atomic E-state index is 13.6. The number of carbonyl (C=O) groups excluding carboxylic acids is 1. The number of carbonyl (C=O) groups is 1. The quantitative estimate of drug-likeness (QED) is 0.491. The van der Waals surface area contributed by atoms with E-state index in [0.29, 0.717) is 29.4 Å². The van der Waals surface area contributed by atoms with Crippen molar-refractivity contribution in [3.05, 3.63) is 95.0 Å². The van der Waals surface area contributed by atoms with Gasteiger partial charge in [-0.1, -0.05) is 60.1 Å². The van der Waals surface area contributed by atoms with E-state index >= 15 is 0 Å². The van der Waals surface area contributed by atoms with Crippen molar-refractivity contribution in [1.29, 1.82) is 0 Å². The van der Waals surface area contributed by atoms with E-state index in [4.69, 9.17) is 11.6 Å². The number of aryl methyl sites for hydroxylation is 1. The third-order valence-corrected chi connectivity index (χ3v) is 8.02. The predicted octanol–water partition coefficient (Wildman–Crippen LogP) is 4.19. The Balaban J connectivity index is 1.51. The summed E-state index contributed by atoms with van der Waals surface area (Å²) in [4.78, 5) is 17.5. The molecule has 1 aliphatic heterocycles. The summed E-state index contributed by atoms with van der Waals surface area (Å²) < 4.78 is 28.3. The van der Waals surface area contributed by atoms with Gasteiger partial charge in [0.1, 0.15) is 6.54 Å². The molecule has 0 radical (unpaired) electrons.